The van der Waals surface area contributed by atoms with Crippen molar-refractivity contribution in [3.8, 4) is 28.4 Å². The van der Waals surface area contributed by atoms with Gasteiger partial charge in [0.1, 0.15) is 29.2 Å². The molecule has 1 aromatic carbocycles. The van der Waals surface area contributed by atoms with Crippen molar-refractivity contribution < 1.29 is 22.8 Å². The van der Waals surface area contributed by atoms with Gasteiger partial charge in [-0.1, -0.05) is 6.92 Å². The molecule has 0 saturated heterocycles. The van der Waals surface area contributed by atoms with Crippen LogP contribution in [0.25, 0.3) is 22.6 Å². The maximum absolute atomic E-state index is 13.2. The standard InChI is InChI=1S/C21H17FN4O4/c1-3-17-25-18(12-4-6-13(22)7-5-12)19(30-17)20(27)26-21-24-16(11-29-21)15-9-8-14(28-2)10-23-15/h4-11H,3H2,1-2H3,(H,24,26,27). The second-order valence-electron chi connectivity index (χ2n) is 6.22. The van der Waals surface area contributed by atoms with Crippen LogP contribution in [0.2, 0.25) is 0 Å². The molecule has 0 bridgehead atoms. The van der Waals surface area contributed by atoms with Crippen molar-refractivity contribution in [2.75, 3.05) is 12.4 Å². The number of halogens is 1. The van der Waals surface area contributed by atoms with E-state index in [0.717, 1.165) is 0 Å². The Bertz CT molecular complexity index is 1170. The summed E-state index contributed by atoms with van der Waals surface area (Å²) in [6.07, 6.45) is 3.43. The van der Waals surface area contributed by atoms with Gasteiger partial charge in [-0.2, -0.15) is 4.98 Å². The Morgan fingerprint density at radius 3 is 2.60 bits per heavy atom. The summed E-state index contributed by atoms with van der Waals surface area (Å²) < 4.78 is 29.2. The van der Waals surface area contributed by atoms with Crippen LogP contribution in [0.3, 0.4) is 0 Å². The summed E-state index contributed by atoms with van der Waals surface area (Å²) in [7, 11) is 1.55. The lowest BCUT2D eigenvalue weighted by Crippen LogP contribution is -2.12. The van der Waals surface area contributed by atoms with Gasteiger partial charge in [0.2, 0.25) is 5.76 Å². The topological polar surface area (TPSA) is 103 Å². The zero-order valence-corrected chi connectivity index (χ0v) is 16.2. The number of methoxy groups -OCH3 is 1. The molecule has 1 amide bonds. The highest BCUT2D eigenvalue weighted by atomic mass is 19.1. The van der Waals surface area contributed by atoms with E-state index >= 15 is 0 Å². The van der Waals surface area contributed by atoms with E-state index in [-0.39, 0.29) is 17.6 Å². The zero-order valence-electron chi connectivity index (χ0n) is 16.2. The van der Waals surface area contributed by atoms with E-state index in [1.165, 1.54) is 30.5 Å². The van der Waals surface area contributed by atoms with Gasteiger partial charge < -0.3 is 13.6 Å². The molecule has 0 aliphatic heterocycles. The average molecular weight is 408 g/mol. The van der Waals surface area contributed by atoms with E-state index in [2.05, 4.69) is 20.3 Å². The van der Waals surface area contributed by atoms with Gasteiger partial charge in [-0.25, -0.2) is 9.37 Å². The molecule has 3 heterocycles. The Morgan fingerprint density at radius 1 is 1.13 bits per heavy atom. The van der Waals surface area contributed by atoms with Crippen molar-refractivity contribution in [3.05, 3.63) is 66.3 Å². The van der Waals surface area contributed by atoms with E-state index in [1.807, 2.05) is 6.92 Å². The molecule has 3 aromatic heterocycles. The number of carbonyl (C=O) groups is 1. The molecule has 0 unspecified atom stereocenters. The first-order chi connectivity index (χ1) is 14.6. The molecule has 0 radical (unpaired) electrons. The van der Waals surface area contributed by atoms with Crippen molar-refractivity contribution in [3.63, 3.8) is 0 Å². The van der Waals surface area contributed by atoms with Crippen molar-refractivity contribution in [2.45, 2.75) is 13.3 Å². The molecule has 1 N–H and O–H groups in total. The lowest BCUT2D eigenvalue weighted by Gasteiger charge is -2.01. The van der Waals surface area contributed by atoms with E-state index in [1.54, 1.807) is 25.4 Å². The van der Waals surface area contributed by atoms with Gasteiger partial charge in [-0.3, -0.25) is 15.1 Å². The minimum atomic E-state index is -0.586. The van der Waals surface area contributed by atoms with Crippen LogP contribution < -0.4 is 10.1 Å². The van der Waals surface area contributed by atoms with Gasteiger partial charge in [0.15, 0.2) is 5.89 Å². The summed E-state index contributed by atoms with van der Waals surface area (Å²) in [6, 6.07) is 9.08. The van der Waals surface area contributed by atoms with Crippen molar-refractivity contribution in [1.82, 2.24) is 15.0 Å². The highest BCUT2D eigenvalue weighted by Gasteiger charge is 2.23. The lowest BCUT2D eigenvalue weighted by atomic mass is 10.1. The molecular weight excluding hydrogens is 391 g/mol. The average Bonchev–Trinajstić information content (AvgIpc) is 3.41. The van der Waals surface area contributed by atoms with Crippen LogP contribution in [0.15, 0.2) is 57.7 Å². The first-order valence-corrected chi connectivity index (χ1v) is 9.10. The number of pyridine rings is 1. The quantitative estimate of drug-likeness (QED) is 0.506. The number of aromatic nitrogens is 3. The minimum Gasteiger partial charge on any atom is -0.495 e. The Hall–Kier alpha value is -4.01. The number of aryl methyl sites for hydroxylation is 1. The number of amides is 1. The van der Waals surface area contributed by atoms with Crippen molar-refractivity contribution in [1.29, 1.82) is 0 Å². The van der Waals surface area contributed by atoms with E-state index in [4.69, 9.17) is 13.6 Å². The number of carbonyl (C=O) groups excluding carboxylic acids is 1. The Morgan fingerprint density at radius 2 is 1.93 bits per heavy atom. The van der Waals surface area contributed by atoms with Crippen LogP contribution in [-0.4, -0.2) is 28.0 Å². The summed E-state index contributed by atoms with van der Waals surface area (Å²) in [5, 5.41) is 2.55. The number of benzene rings is 1. The molecule has 0 atom stereocenters. The number of nitrogens with one attached hydrogen (secondary N) is 1. The fraction of sp³-hybridized carbons (Fsp3) is 0.143. The van der Waals surface area contributed by atoms with Crippen LogP contribution in [0.4, 0.5) is 10.4 Å². The van der Waals surface area contributed by atoms with Gasteiger partial charge in [0.05, 0.1) is 19.0 Å². The molecule has 0 fully saturated rings. The Labute approximate surface area is 170 Å². The van der Waals surface area contributed by atoms with Crippen molar-refractivity contribution >= 4 is 11.9 Å². The molecule has 30 heavy (non-hydrogen) atoms. The monoisotopic (exact) mass is 408 g/mol. The van der Waals surface area contributed by atoms with E-state index in [0.29, 0.717) is 40.7 Å². The molecule has 0 spiro atoms. The number of rotatable bonds is 6. The number of hydrogen-bond donors (Lipinski definition) is 1. The van der Waals surface area contributed by atoms with Crippen LogP contribution in [0, 0.1) is 5.82 Å². The minimum absolute atomic E-state index is 0.0132. The molecule has 152 valence electrons. The van der Waals surface area contributed by atoms with E-state index in [9.17, 15) is 9.18 Å². The van der Waals surface area contributed by atoms with Gasteiger partial charge in [0, 0.05) is 12.0 Å². The van der Waals surface area contributed by atoms with Gasteiger partial charge in [0.25, 0.3) is 5.91 Å². The first-order valence-electron chi connectivity index (χ1n) is 9.10. The van der Waals surface area contributed by atoms with Crippen LogP contribution in [0.5, 0.6) is 5.75 Å². The molecule has 8 nitrogen and oxygen atoms in total. The maximum atomic E-state index is 13.2. The molecule has 0 aliphatic rings. The predicted octanol–water partition coefficient (Wildman–Crippen LogP) is 4.35. The number of oxazole rings is 2. The maximum Gasteiger partial charge on any atom is 0.302 e. The summed E-state index contributed by atoms with van der Waals surface area (Å²) >= 11 is 0. The van der Waals surface area contributed by atoms with E-state index < -0.39 is 5.91 Å². The van der Waals surface area contributed by atoms with Gasteiger partial charge >= 0.3 is 6.01 Å². The fourth-order valence-corrected chi connectivity index (χ4v) is 2.73. The second kappa shape index (κ2) is 8.16. The third kappa shape index (κ3) is 3.90. The Kier molecular flexibility index (Phi) is 5.25. The highest BCUT2D eigenvalue weighted by molar-refractivity contribution is 6.05. The SMILES string of the molecule is CCc1nc(-c2ccc(F)cc2)c(C(=O)Nc2nc(-c3ccc(OC)cn3)co2)o1. The zero-order chi connectivity index (χ0) is 21.1. The normalized spacial score (nSPS) is 10.8. The summed E-state index contributed by atoms with van der Waals surface area (Å²) in [5.41, 5.74) is 1.87. The Balaban J connectivity index is 1.58. The fourth-order valence-electron chi connectivity index (χ4n) is 2.73. The van der Waals surface area contributed by atoms with Crippen LogP contribution in [-0.2, 0) is 6.42 Å². The largest absolute Gasteiger partial charge is 0.495 e. The third-order valence-electron chi connectivity index (χ3n) is 4.26. The summed E-state index contributed by atoms with van der Waals surface area (Å²) in [5.74, 6) is 0.0120. The lowest BCUT2D eigenvalue weighted by molar-refractivity contribution is 0.0993. The molecule has 9 heteroatoms. The second-order valence-corrected chi connectivity index (χ2v) is 6.22. The van der Waals surface area contributed by atoms with Crippen LogP contribution >= 0.6 is 0 Å². The smallest absolute Gasteiger partial charge is 0.302 e. The van der Waals surface area contributed by atoms with Crippen LogP contribution in [0.1, 0.15) is 23.4 Å². The summed E-state index contributed by atoms with van der Waals surface area (Å²) in [4.78, 5) is 25.6. The molecular formula is C21H17FN4O4. The molecule has 4 rings (SSSR count). The van der Waals surface area contributed by atoms with Gasteiger partial charge in [-0.05, 0) is 36.4 Å². The first kappa shape index (κ1) is 19.3. The predicted molar refractivity (Wildman–Crippen MR) is 106 cm³/mol. The highest BCUT2D eigenvalue weighted by Crippen LogP contribution is 2.26. The number of ether oxygens (including phenoxy) is 1. The third-order valence-corrected chi connectivity index (χ3v) is 4.26. The van der Waals surface area contributed by atoms with Crippen molar-refractivity contribution in [2.24, 2.45) is 0 Å². The van der Waals surface area contributed by atoms with Gasteiger partial charge in [-0.15, -0.1) is 0 Å². The number of nitrogens with zero attached hydrogens (tertiary/aromatic N) is 3. The molecule has 0 saturated carbocycles. The number of hydrogen-bond acceptors (Lipinski definition) is 7. The molecule has 0 aliphatic carbocycles. The molecule has 4 aromatic rings. The summed E-state index contributed by atoms with van der Waals surface area (Å²) in [6.45, 7) is 1.85. The number of anilines is 1.